The molecule has 0 radical (unpaired) electrons. The number of hydrogen-bond acceptors (Lipinski definition) is 4. The van der Waals surface area contributed by atoms with Crippen molar-refractivity contribution in [3.63, 3.8) is 0 Å². The van der Waals surface area contributed by atoms with Gasteiger partial charge in [-0.25, -0.2) is 0 Å². The van der Waals surface area contributed by atoms with Gasteiger partial charge in [0.1, 0.15) is 0 Å². The molecule has 0 aliphatic heterocycles. The second-order valence-electron chi connectivity index (χ2n) is 3.86. The molecule has 0 saturated heterocycles. The van der Waals surface area contributed by atoms with Crippen LogP contribution in [0.5, 0.6) is 0 Å². The van der Waals surface area contributed by atoms with Crippen molar-refractivity contribution in [2.75, 3.05) is 5.75 Å². The predicted molar refractivity (Wildman–Crippen MR) is 69.8 cm³/mol. The van der Waals surface area contributed by atoms with Crippen LogP contribution in [0.25, 0.3) is 0 Å². The first-order chi connectivity index (χ1) is 8.25. The molecular formula is C12H16N4S. The molecule has 2 aromatic rings. The summed E-state index contributed by atoms with van der Waals surface area (Å²) >= 11 is 1.81. The third-order valence-corrected chi connectivity index (χ3v) is 3.35. The quantitative estimate of drug-likeness (QED) is 0.823. The van der Waals surface area contributed by atoms with E-state index in [4.69, 9.17) is 5.73 Å². The first kappa shape index (κ1) is 12.1. The van der Waals surface area contributed by atoms with Gasteiger partial charge in [-0.1, -0.05) is 23.4 Å². The van der Waals surface area contributed by atoms with Crippen molar-refractivity contribution in [2.24, 2.45) is 5.73 Å². The van der Waals surface area contributed by atoms with Crippen LogP contribution in [-0.4, -0.2) is 20.7 Å². The van der Waals surface area contributed by atoms with Gasteiger partial charge < -0.3 is 5.73 Å². The molecule has 17 heavy (non-hydrogen) atoms. The monoisotopic (exact) mass is 248 g/mol. The zero-order chi connectivity index (χ0) is 12.1. The molecule has 2 N–H and O–H groups in total. The third kappa shape index (κ3) is 3.57. The number of hydrogen-bond donors (Lipinski definition) is 1. The van der Waals surface area contributed by atoms with Crippen molar-refractivity contribution in [1.29, 1.82) is 0 Å². The molecule has 5 heteroatoms. The molecule has 0 aliphatic rings. The van der Waals surface area contributed by atoms with E-state index < -0.39 is 0 Å². The van der Waals surface area contributed by atoms with Crippen molar-refractivity contribution < 1.29 is 0 Å². The Kier molecular flexibility index (Phi) is 4.17. The normalized spacial score (nSPS) is 12.6. The summed E-state index contributed by atoms with van der Waals surface area (Å²) in [5, 5.41) is 8.06. The summed E-state index contributed by atoms with van der Waals surface area (Å²) in [4.78, 5) is 1.28. The first-order valence-electron chi connectivity index (χ1n) is 5.59. The van der Waals surface area contributed by atoms with E-state index in [9.17, 15) is 0 Å². The topological polar surface area (TPSA) is 56.7 Å². The second kappa shape index (κ2) is 5.84. The van der Waals surface area contributed by atoms with Crippen molar-refractivity contribution in [1.82, 2.24) is 15.0 Å². The maximum atomic E-state index is 5.73. The summed E-state index contributed by atoms with van der Waals surface area (Å²) in [7, 11) is 0. The van der Waals surface area contributed by atoms with E-state index in [0.29, 0.717) is 0 Å². The lowest BCUT2D eigenvalue weighted by molar-refractivity contribution is 0.631. The maximum absolute atomic E-state index is 5.73. The first-order valence-corrected chi connectivity index (χ1v) is 6.58. The molecular weight excluding hydrogens is 232 g/mol. The smallest absolute Gasteiger partial charge is 0.0991 e. The van der Waals surface area contributed by atoms with E-state index in [-0.39, 0.29) is 6.04 Å². The fourth-order valence-corrected chi connectivity index (χ4v) is 2.27. The van der Waals surface area contributed by atoms with Crippen LogP contribution in [0.2, 0.25) is 0 Å². The second-order valence-corrected chi connectivity index (χ2v) is 5.02. The minimum absolute atomic E-state index is 0.0504. The summed E-state index contributed by atoms with van der Waals surface area (Å²) in [6.07, 6.45) is 1.91. The average Bonchev–Trinajstić information content (AvgIpc) is 2.79. The molecule has 1 aromatic heterocycles. The highest BCUT2D eigenvalue weighted by Gasteiger charge is 2.04. The molecule has 4 nitrogen and oxygen atoms in total. The Bertz CT molecular complexity index is 453. The summed E-state index contributed by atoms with van der Waals surface area (Å²) in [6, 6.07) is 10.3. The molecule has 1 unspecified atom stereocenters. The zero-order valence-corrected chi connectivity index (χ0v) is 10.6. The third-order valence-electron chi connectivity index (χ3n) is 2.36. The van der Waals surface area contributed by atoms with Gasteiger partial charge in [-0.15, -0.1) is 16.9 Å². The molecule has 1 aromatic carbocycles. The lowest BCUT2D eigenvalue weighted by Crippen LogP contribution is -2.05. The predicted octanol–water partition coefficient (Wildman–Crippen LogP) is 2.09. The standard InChI is InChI=1S/C12H16N4S/c1-10(13)12-9-16(15-14-12)7-8-17-11-5-3-2-4-6-11/h2-6,9-10H,7-8,13H2,1H3. The van der Waals surface area contributed by atoms with Crippen molar-refractivity contribution in [2.45, 2.75) is 24.4 Å². The fraction of sp³-hybridized carbons (Fsp3) is 0.333. The molecule has 0 aliphatic carbocycles. The average molecular weight is 248 g/mol. The lowest BCUT2D eigenvalue weighted by atomic mass is 10.3. The van der Waals surface area contributed by atoms with Gasteiger partial charge >= 0.3 is 0 Å². The van der Waals surface area contributed by atoms with E-state index in [2.05, 4.69) is 22.4 Å². The molecule has 0 amide bonds. The highest BCUT2D eigenvalue weighted by atomic mass is 32.2. The van der Waals surface area contributed by atoms with Gasteiger partial charge in [0.05, 0.1) is 18.4 Å². The van der Waals surface area contributed by atoms with Gasteiger partial charge in [0.25, 0.3) is 0 Å². The summed E-state index contributed by atoms with van der Waals surface area (Å²) in [6.45, 7) is 2.76. The molecule has 1 atom stereocenters. The fourth-order valence-electron chi connectivity index (χ4n) is 1.41. The molecule has 0 saturated carbocycles. The molecule has 1 heterocycles. The minimum atomic E-state index is -0.0504. The number of nitrogens with two attached hydrogens (primary N) is 1. The Balaban J connectivity index is 1.82. The maximum Gasteiger partial charge on any atom is 0.0991 e. The lowest BCUT2D eigenvalue weighted by Gasteiger charge is -2.01. The van der Waals surface area contributed by atoms with E-state index in [1.165, 1.54) is 4.90 Å². The Morgan fingerprint density at radius 1 is 1.35 bits per heavy atom. The van der Waals surface area contributed by atoms with Crippen molar-refractivity contribution in [3.05, 3.63) is 42.2 Å². The van der Waals surface area contributed by atoms with Crippen LogP contribution in [0.15, 0.2) is 41.4 Å². The Labute approximate surface area is 105 Å². The van der Waals surface area contributed by atoms with Gasteiger partial charge in [-0.3, -0.25) is 4.68 Å². The molecule has 0 bridgehead atoms. The highest BCUT2D eigenvalue weighted by Crippen LogP contribution is 2.17. The number of aromatic nitrogens is 3. The van der Waals surface area contributed by atoms with Crippen LogP contribution in [0.4, 0.5) is 0 Å². The number of rotatable bonds is 5. The molecule has 0 spiro atoms. The van der Waals surface area contributed by atoms with Crippen LogP contribution >= 0.6 is 11.8 Å². The van der Waals surface area contributed by atoms with E-state index in [0.717, 1.165) is 18.0 Å². The van der Waals surface area contributed by atoms with Crippen LogP contribution in [0.3, 0.4) is 0 Å². The number of thioether (sulfide) groups is 1. The Hall–Kier alpha value is -1.33. The SMILES string of the molecule is CC(N)c1cn(CCSc2ccccc2)nn1. The largest absolute Gasteiger partial charge is 0.323 e. The summed E-state index contributed by atoms with van der Waals surface area (Å²) in [5.41, 5.74) is 6.57. The molecule has 0 fully saturated rings. The number of nitrogens with zero attached hydrogens (tertiary/aromatic N) is 3. The van der Waals surface area contributed by atoms with E-state index >= 15 is 0 Å². The van der Waals surface area contributed by atoms with Crippen molar-refractivity contribution >= 4 is 11.8 Å². The van der Waals surface area contributed by atoms with E-state index in [1.54, 1.807) is 0 Å². The Morgan fingerprint density at radius 2 is 2.12 bits per heavy atom. The molecule has 90 valence electrons. The van der Waals surface area contributed by atoms with E-state index in [1.807, 2.05) is 47.8 Å². The van der Waals surface area contributed by atoms with Crippen LogP contribution in [0, 0.1) is 0 Å². The Morgan fingerprint density at radius 3 is 2.76 bits per heavy atom. The van der Waals surface area contributed by atoms with Gasteiger partial charge in [-0.2, -0.15) is 0 Å². The van der Waals surface area contributed by atoms with Gasteiger partial charge in [0, 0.05) is 16.7 Å². The number of aryl methyl sites for hydroxylation is 1. The summed E-state index contributed by atoms with van der Waals surface area (Å²) < 4.78 is 1.84. The van der Waals surface area contributed by atoms with Gasteiger partial charge in [-0.05, 0) is 19.1 Å². The number of benzene rings is 1. The van der Waals surface area contributed by atoms with Crippen LogP contribution in [0.1, 0.15) is 18.7 Å². The zero-order valence-electron chi connectivity index (χ0n) is 9.78. The van der Waals surface area contributed by atoms with Crippen LogP contribution in [-0.2, 0) is 6.54 Å². The van der Waals surface area contributed by atoms with Gasteiger partial charge in [0.15, 0.2) is 0 Å². The van der Waals surface area contributed by atoms with Crippen molar-refractivity contribution in [3.8, 4) is 0 Å². The molecule has 2 rings (SSSR count). The van der Waals surface area contributed by atoms with Gasteiger partial charge in [0.2, 0.25) is 0 Å². The minimum Gasteiger partial charge on any atom is -0.323 e. The summed E-state index contributed by atoms with van der Waals surface area (Å²) in [5.74, 6) is 0.978. The highest BCUT2D eigenvalue weighted by molar-refractivity contribution is 7.99. The van der Waals surface area contributed by atoms with Crippen LogP contribution < -0.4 is 5.73 Å².